The molecule has 0 amide bonds. The molecule has 0 aromatic carbocycles. The minimum Gasteiger partial charge on any atom is -0.261 e. The zero-order chi connectivity index (χ0) is 14.2. The Kier molecular flexibility index (Phi) is 3.25. The fraction of sp³-hybridized carbons (Fsp3) is 0.474. The third-order valence-electron chi connectivity index (χ3n) is 5.08. The Hall–Kier alpha value is -1.70. The van der Waals surface area contributed by atoms with E-state index in [1.165, 1.54) is 60.9 Å². The Morgan fingerprint density at radius 2 is 1.76 bits per heavy atom. The predicted molar refractivity (Wildman–Crippen MR) is 84.5 cm³/mol. The quantitative estimate of drug-likeness (QED) is 0.838. The molecule has 2 nitrogen and oxygen atoms in total. The van der Waals surface area contributed by atoms with Gasteiger partial charge in [-0.1, -0.05) is 0 Å². The molecule has 2 aromatic rings. The summed E-state index contributed by atoms with van der Waals surface area (Å²) in [5.74, 6) is 0.742. The zero-order valence-corrected chi connectivity index (χ0v) is 12.7. The number of nitrogens with zero attached hydrogens (tertiary/aromatic N) is 2. The van der Waals surface area contributed by atoms with Gasteiger partial charge in [0.1, 0.15) is 0 Å². The number of fused-ring (bicyclic) bond motifs is 2. The average molecular weight is 278 g/mol. The number of hydrogen-bond acceptors (Lipinski definition) is 2. The van der Waals surface area contributed by atoms with Crippen molar-refractivity contribution in [1.82, 2.24) is 9.97 Å². The first-order chi connectivity index (χ1) is 10.3. The van der Waals surface area contributed by atoms with E-state index in [9.17, 15) is 0 Å². The summed E-state index contributed by atoms with van der Waals surface area (Å²) in [6.45, 7) is 2.09. The first kappa shape index (κ1) is 13.0. The van der Waals surface area contributed by atoms with E-state index in [0.717, 1.165) is 18.0 Å². The zero-order valence-electron chi connectivity index (χ0n) is 12.7. The molecular weight excluding hydrogens is 256 g/mol. The molecule has 4 rings (SSSR count). The number of aryl methyl sites for hydroxylation is 4. The van der Waals surface area contributed by atoms with Crippen LogP contribution in [0.3, 0.4) is 0 Å². The molecule has 0 bridgehead atoms. The van der Waals surface area contributed by atoms with E-state index in [4.69, 9.17) is 4.98 Å². The Morgan fingerprint density at radius 3 is 2.71 bits per heavy atom. The summed E-state index contributed by atoms with van der Waals surface area (Å²) in [6, 6.07) is 4.65. The van der Waals surface area contributed by atoms with Crippen LogP contribution >= 0.6 is 0 Å². The van der Waals surface area contributed by atoms with Crippen molar-refractivity contribution in [3.8, 4) is 0 Å². The van der Waals surface area contributed by atoms with Crippen molar-refractivity contribution in [2.24, 2.45) is 5.92 Å². The Bertz CT molecular complexity index is 675. The SMILES string of the molecule is Cc1cc2c(cn1)CCC(Cc1cc3c(cn1)CCC3)C2. The molecule has 1 atom stereocenters. The summed E-state index contributed by atoms with van der Waals surface area (Å²) in [5, 5.41) is 0. The topological polar surface area (TPSA) is 25.8 Å². The van der Waals surface area contributed by atoms with Gasteiger partial charge < -0.3 is 0 Å². The van der Waals surface area contributed by atoms with Crippen LogP contribution in [0, 0.1) is 12.8 Å². The maximum absolute atomic E-state index is 4.71. The van der Waals surface area contributed by atoms with E-state index in [1.807, 2.05) is 0 Å². The van der Waals surface area contributed by atoms with Crippen LogP contribution in [0.4, 0.5) is 0 Å². The van der Waals surface area contributed by atoms with Gasteiger partial charge in [0.15, 0.2) is 0 Å². The van der Waals surface area contributed by atoms with Gasteiger partial charge in [0, 0.05) is 23.8 Å². The summed E-state index contributed by atoms with van der Waals surface area (Å²) < 4.78 is 0. The molecule has 0 N–H and O–H groups in total. The van der Waals surface area contributed by atoms with Crippen LogP contribution < -0.4 is 0 Å². The molecule has 0 fully saturated rings. The molecule has 108 valence electrons. The highest BCUT2D eigenvalue weighted by Gasteiger charge is 2.20. The molecule has 0 aliphatic heterocycles. The van der Waals surface area contributed by atoms with Gasteiger partial charge in [-0.2, -0.15) is 0 Å². The number of pyridine rings is 2. The first-order valence-corrected chi connectivity index (χ1v) is 8.19. The van der Waals surface area contributed by atoms with Crippen molar-refractivity contribution >= 4 is 0 Å². The molecule has 21 heavy (non-hydrogen) atoms. The Labute approximate surface area is 126 Å². The standard InChI is InChI=1S/C19H22N2/c1-13-7-18-8-14(5-6-17(18)11-20-13)9-19-10-15-3-2-4-16(15)12-21-19/h7,10-12,14H,2-6,8-9H2,1H3. The molecular formula is C19H22N2. The first-order valence-electron chi connectivity index (χ1n) is 8.19. The molecule has 0 saturated heterocycles. The van der Waals surface area contributed by atoms with Crippen LogP contribution in [0.25, 0.3) is 0 Å². The van der Waals surface area contributed by atoms with Crippen LogP contribution in [0.1, 0.15) is 46.5 Å². The second-order valence-corrected chi connectivity index (χ2v) is 6.71. The van der Waals surface area contributed by atoms with Gasteiger partial charge in [0.2, 0.25) is 0 Å². The third-order valence-corrected chi connectivity index (χ3v) is 5.08. The van der Waals surface area contributed by atoms with Crippen LogP contribution in [0.2, 0.25) is 0 Å². The maximum Gasteiger partial charge on any atom is 0.0409 e. The summed E-state index contributed by atoms with van der Waals surface area (Å²) in [6.07, 6.45) is 12.8. The minimum absolute atomic E-state index is 0.742. The Morgan fingerprint density at radius 1 is 0.952 bits per heavy atom. The maximum atomic E-state index is 4.71. The molecule has 2 aliphatic rings. The van der Waals surface area contributed by atoms with Crippen molar-refractivity contribution in [2.75, 3.05) is 0 Å². The fourth-order valence-corrected chi connectivity index (χ4v) is 3.92. The van der Waals surface area contributed by atoms with Crippen LogP contribution in [0.15, 0.2) is 24.5 Å². The third kappa shape index (κ3) is 2.59. The number of aromatic nitrogens is 2. The average Bonchev–Trinajstić information content (AvgIpc) is 2.94. The molecule has 1 unspecified atom stereocenters. The molecule has 2 aliphatic carbocycles. The van der Waals surface area contributed by atoms with Gasteiger partial charge >= 0.3 is 0 Å². The predicted octanol–water partition coefficient (Wildman–Crippen LogP) is 3.62. The van der Waals surface area contributed by atoms with Crippen molar-refractivity contribution < 1.29 is 0 Å². The largest absolute Gasteiger partial charge is 0.261 e. The van der Waals surface area contributed by atoms with Crippen LogP contribution in [0.5, 0.6) is 0 Å². The molecule has 0 saturated carbocycles. The van der Waals surface area contributed by atoms with E-state index >= 15 is 0 Å². The minimum atomic E-state index is 0.742. The summed E-state index contributed by atoms with van der Waals surface area (Å²) in [5.41, 5.74) is 8.45. The van der Waals surface area contributed by atoms with E-state index in [1.54, 1.807) is 5.56 Å². The number of rotatable bonds is 2. The molecule has 0 spiro atoms. The smallest absolute Gasteiger partial charge is 0.0409 e. The summed E-state index contributed by atoms with van der Waals surface area (Å²) in [7, 11) is 0. The second-order valence-electron chi connectivity index (χ2n) is 6.71. The van der Waals surface area contributed by atoms with Gasteiger partial charge in [0.25, 0.3) is 0 Å². The van der Waals surface area contributed by atoms with Crippen molar-refractivity contribution in [3.63, 3.8) is 0 Å². The van der Waals surface area contributed by atoms with E-state index in [-0.39, 0.29) is 0 Å². The number of hydrogen-bond donors (Lipinski definition) is 0. The van der Waals surface area contributed by atoms with Gasteiger partial charge in [-0.25, -0.2) is 0 Å². The lowest BCUT2D eigenvalue weighted by atomic mass is 9.82. The monoisotopic (exact) mass is 278 g/mol. The van der Waals surface area contributed by atoms with Crippen LogP contribution in [-0.4, -0.2) is 9.97 Å². The molecule has 0 radical (unpaired) electrons. The summed E-state index contributed by atoms with van der Waals surface area (Å²) in [4.78, 5) is 9.13. The summed E-state index contributed by atoms with van der Waals surface area (Å²) >= 11 is 0. The Balaban J connectivity index is 1.51. The van der Waals surface area contributed by atoms with Gasteiger partial charge in [-0.05, 0) is 92.2 Å². The highest BCUT2D eigenvalue weighted by Crippen LogP contribution is 2.29. The van der Waals surface area contributed by atoms with Gasteiger partial charge in [-0.15, -0.1) is 0 Å². The van der Waals surface area contributed by atoms with Crippen molar-refractivity contribution in [1.29, 1.82) is 0 Å². The highest BCUT2D eigenvalue weighted by atomic mass is 14.7. The fourth-order valence-electron chi connectivity index (χ4n) is 3.92. The van der Waals surface area contributed by atoms with Crippen molar-refractivity contribution in [2.45, 2.75) is 51.9 Å². The lowest BCUT2D eigenvalue weighted by Crippen LogP contribution is -2.17. The highest BCUT2D eigenvalue weighted by molar-refractivity contribution is 5.32. The van der Waals surface area contributed by atoms with Crippen LogP contribution in [-0.2, 0) is 32.1 Å². The molecule has 2 aromatic heterocycles. The van der Waals surface area contributed by atoms with Gasteiger partial charge in [-0.3, -0.25) is 9.97 Å². The molecule has 2 heteroatoms. The lowest BCUT2D eigenvalue weighted by molar-refractivity contribution is 0.450. The van der Waals surface area contributed by atoms with E-state index in [2.05, 4.69) is 36.4 Å². The van der Waals surface area contributed by atoms with E-state index < -0.39 is 0 Å². The van der Waals surface area contributed by atoms with E-state index in [0.29, 0.717) is 0 Å². The molecule has 2 heterocycles. The van der Waals surface area contributed by atoms with Gasteiger partial charge in [0.05, 0.1) is 0 Å². The second kappa shape index (κ2) is 5.25. The lowest BCUT2D eigenvalue weighted by Gasteiger charge is -2.24. The van der Waals surface area contributed by atoms with Crippen molar-refractivity contribution in [3.05, 3.63) is 58.2 Å². The normalized spacial score (nSPS) is 20.1.